The van der Waals surface area contributed by atoms with E-state index in [1.165, 1.54) is 6.20 Å². The molecule has 11 heavy (non-hydrogen) atoms. The molecule has 0 N–H and O–H groups in total. The van der Waals surface area contributed by atoms with Crippen LogP contribution < -0.4 is 5.76 Å². The highest BCUT2D eigenvalue weighted by atomic mass is 16.4. The van der Waals surface area contributed by atoms with Crippen molar-refractivity contribution in [3.05, 3.63) is 35.1 Å². The molecule has 0 saturated carbocycles. The summed E-state index contributed by atoms with van der Waals surface area (Å²) in [6.07, 6.45) is 3.00. The summed E-state index contributed by atoms with van der Waals surface area (Å²) in [5, 5.41) is 0.729. The number of hydrogen-bond donors (Lipinski definition) is 0. The Morgan fingerprint density at radius 2 is 2.27 bits per heavy atom. The monoisotopic (exact) mass is 148 g/mol. The number of nitrogens with zero attached hydrogens (tertiary/aromatic N) is 2. The lowest BCUT2D eigenvalue weighted by Crippen LogP contribution is -2.01. The third kappa shape index (κ3) is 0.980. The molecule has 2 heterocycles. The van der Waals surface area contributed by atoms with Crippen molar-refractivity contribution in [1.29, 1.82) is 0 Å². The fraction of sp³-hybridized carbons (Fsp3) is 0. The Morgan fingerprint density at radius 1 is 1.36 bits per heavy atom. The Bertz CT molecular complexity index is 435. The van der Waals surface area contributed by atoms with E-state index in [1.807, 2.05) is 0 Å². The second-order valence-corrected chi connectivity index (χ2v) is 2.02. The van der Waals surface area contributed by atoms with E-state index in [0.29, 0.717) is 5.71 Å². The van der Waals surface area contributed by atoms with Gasteiger partial charge in [0.1, 0.15) is 0 Å². The summed E-state index contributed by atoms with van der Waals surface area (Å²) in [6, 6.07) is 3.53. The molecule has 4 heteroatoms. The minimum Gasteiger partial charge on any atom is -0.389 e. The van der Waals surface area contributed by atoms with Crippen LogP contribution in [0.3, 0.4) is 0 Å². The van der Waals surface area contributed by atoms with E-state index in [4.69, 9.17) is 0 Å². The second-order valence-electron chi connectivity index (χ2n) is 2.02. The van der Waals surface area contributed by atoms with Crippen LogP contribution in [-0.4, -0.2) is 9.97 Å². The molecule has 2 aromatic rings. The van der Waals surface area contributed by atoms with Gasteiger partial charge in [0.15, 0.2) is 0 Å². The number of aromatic nitrogens is 2. The van der Waals surface area contributed by atoms with Crippen LogP contribution in [0.2, 0.25) is 0 Å². The van der Waals surface area contributed by atoms with Gasteiger partial charge in [0, 0.05) is 12.4 Å². The van der Waals surface area contributed by atoms with Gasteiger partial charge in [0.05, 0.1) is 5.39 Å². The van der Waals surface area contributed by atoms with Crippen molar-refractivity contribution in [2.75, 3.05) is 0 Å². The molecule has 0 aromatic carbocycles. The minimum absolute atomic E-state index is 0.326. The van der Waals surface area contributed by atoms with Crippen LogP contribution in [0.1, 0.15) is 0 Å². The summed E-state index contributed by atoms with van der Waals surface area (Å²) in [7, 11) is 0. The lowest BCUT2D eigenvalue weighted by molar-refractivity contribution is 0.521. The average molecular weight is 148 g/mol. The standard InChI is InChI=1S/C7H4N2O2/c10-7-9-4-5-2-1-3-8-6(5)11-7/h1-4H. The van der Waals surface area contributed by atoms with Crippen LogP contribution in [0, 0.1) is 0 Å². The number of rotatable bonds is 0. The van der Waals surface area contributed by atoms with E-state index < -0.39 is 5.76 Å². The van der Waals surface area contributed by atoms with E-state index in [2.05, 4.69) is 14.4 Å². The van der Waals surface area contributed by atoms with E-state index in [0.717, 1.165) is 5.39 Å². The third-order valence-corrected chi connectivity index (χ3v) is 1.29. The molecule has 0 fully saturated rings. The maximum Gasteiger partial charge on any atom is 0.440 e. The minimum atomic E-state index is -0.615. The zero-order chi connectivity index (χ0) is 7.68. The first kappa shape index (κ1) is 6.03. The molecule has 0 amide bonds. The average Bonchev–Trinajstić information content (AvgIpc) is 2.04. The summed E-state index contributed by atoms with van der Waals surface area (Å²) in [4.78, 5) is 17.8. The van der Waals surface area contributed by atoms with Crippen LogP contribution in [-0.2, 0) is 0 Å². The fourth-order valence-electron chi connectivity index (χ4n) is 0.818. The summed E-state index contributed by atoms with van der Waals surface area (Å²) in [6.45, 7) is 0. The SMILES string of the molecule is O=c1ncc2cccnc2o1. The molecule has 0 unspecified atom stereocenters. The highest BCUT2D eigenvalue weighted by molar-refractivity contribution is 5.70. The van der Waals surface area contributed by atoms with Crippen molar-refractivity contribution in [2.24, 2.45) is 0 Å². The zero-order valence-electron chi connectivity index (χ0n) is 5.52. The van der Waals surface area contributed by atoms with Gasteiger partial charge in [-0.3, -0.25) is 0 Å². The second kappa shape index (κ2) is 2.16. The van der Waals surface area contributed by atoms with Crippen LogP contribution in [0.25, 0.3) is 11.1 Å². The normalized spacial score (nSPS) is 10.2. The van der Waals surface area contributed by atoms with Crippen molar-refractivity contribution in [3.63, 3.8) is 0 Å². The van der Waals surface area contributed by atoms with Crippen LogP contribution in [0.15, 0.2) is 33.7 Å². The van der Waals surface area contributed by atoms with Crippen LogP contribution >= 0.6 is 0 Å². The molecule has 2 aromatic heterocycles. The Morgan fingerprint density at radius 3 is 3.18 bits per heavy atom. The van der Waals surface area contributed by atoms with Crippen molar-refractivity contribution >= 4 is 11.1 Å². The smallest absolute Gasteiger partial charge is 0.389 e. The van der Waals surface area contributed by atoms with Crippen molar-refractivity contribution in [1.82, 2.24) is 9.97 Å². The molecule has 0 aliphatic rings. The summed E-state index contributed by atoms with van der Waals surface area (Å²) in [5.41, 5.74) is 0.326. The first-order valence-corrected chi connectivity index (χ1v) is 3.07. The summed E-state index contributed by atoms with van der Waals surface area (Å²) < 4.78 is 4.68. The molecule has 0 aliphatic heterocycles. The third-order valence-electron chi connectivity index (χ3n) is 1.29. The largest absolute Gasteiger partial charge is 0.440 e. The van der Waals surface area contributed by atoms with Crippen molar-refractivity contribution < 1.29 is 4.42 Å². The van der Waals surface area contributed by atoms with Gasteiger partial charge in [-0.1, -0.05) is 0 Å². The maximum absolute atomic E-state index is 10.6. The fourth-order valence-corrected chi connectivity index (χ4v) is 0.818. The predicted molar refractivity (Wildman–Crippen MR) is 38.1 cm³/mol. The molecule has 0 aliphatic carbocycles. The van der Waals surface area contributed by atoms with E-state index in [-0.39, 0.29) is 0 Å². The Kier molecular flexibility index (Phi) is 1.18. The number of hydrogen-bond acceptors (Lipinski definition) is 4. The van der Waals surface area contributed by atoms with Gasteiger partial charge in [0.25, 0.3) is 0 Å². The van der Waals surface area contributed by atoms with Gasteiger partial charge in [-0.25, -0.2) is 9.78 Å². The van der Waals surface area contributed by atoms with E-state index in [9.17, 15) is 4.79 Å². The predicted octanol–water partition coefficient (Wildman–Crippen LogP) is 0.583. The molecule has 0 atom stereocenters. The Hall–Kier alpha value is -1.71. The lowest BCUT2D eigenvalue weighted by atomic mass is 10.4. The number of pyridine rings is 1. The van der Waals surface area contributed by atoms with E-state index in [1.54, 1.807) is 18.3 Å². The van der Waals surface area contributed by atoms with Gasteiger partial charge in [-0.2, -0.15) is 4.98 Å². The van der Waals surface area contributed by atoms with Crippen LogP contribution in [0.5, 0.6) is 0 Å². The van der Waals surface area contributed by atoms with Gasteiger partial charge in [0.2, 0.25) is 5.71 Å². The molecule has 4 nitrogen and oxygen atoms in total. The first-order chi connectivity index (χ1) is 5.36. The molecule has 0 saturated heterocycles. The van der Waals surface area contributed by atoms with Gasteiger partial charge in [-0.15, -0.1) is 0 Å². The maximum atomic E-state index is 10.6. The highest BCUT2D eigenvalue weighted by Crippen LogP contribution is 2.03. The molecule has 54 valence electrons. The van der Waals surface area contributed by atoms with E-state index >= 15 is 0 Å². The van der Waals surface area contributed by atoms with Crippen molar-refractivity contribution in [2.45, 2.75) is 0 Å². The lowest BCUT2D eigenvalue weighted by Gasteiger charge is -1.89. The van der Waals surface area contributed by atoms with Crippen molar-refractivity contribution in [3.8, 4) is 0 Å². The molecule has 0 spiro atoms. The number of fused-ring (bicyclic) bond motifs is 1. The highest BCUT2D eigenvalue weighted by Gasteiger charge is 1.94. The Labute approximate surface area is 61.5 Å². The molecule has 2 rings (SSSR count). The first-order valence-electron chi connectivity index (χ1n) is 3.07. The molecule has 0 radical (unpaired) electrons. The molecular formula is C7H4N2O2. The molecule has 0 bridgehead atoms. The van der Waals surface area contributed by atoms with Gasteiger partial charge in [-0.05, 0) is 12.1 Å². The summed E-state index contributed by atoms with van der Waals surface area (Å²) >= 11 is 0. The topological polar surface area (TPSA) is 56.0 Å². The zero-order valence-corrected chi connectivity index (χ0v) is 5.52. The Balaban J connectivity index is 2.94. The van der Waals surface area contributed by atoms with Crippen LogP contribution in [0.4, 0.5) is 0 Å². The van der Waals surface area contributed by atoms with Gasteiger partial charge < -0.3 is 4.42 Å². The quantitative estimate of drug-likeness (QED) is 0.548. The summed E-state index contributed by atoms with van der Waals surface area (Å²) in [5.74, 6) is -0.615. The van der Waals surface area contributed by atoms with Gasteiger partial charge >= 0.3 is 5.76 Å². The molecular weight excluding hydrogens is 144 g/mol.